The molecule has 1 amide bonds. The zero-order chi connectivity index (χ0) is 19.4. The van der Waals surface area contributed by atoms with Gasteiger partial charge in [0.15, 0.2) is 0 Å². The predicted octanol–water partition coefficient (Wildman–Crippen LogP) is 3.13. The Morgan fingerprint density at radius 1 is 1.19 bits per heavy atom. The van der Waals surface area contributed by atoms with Gasteiger partial charge in [-0.25, -0.2) is 4.98 Å². The summed E-state index contributed by atoms with van der Waals surface area (Å²) < 4.78 is 37.8. The Morgan fingerprint density at radius 3 is 2.48 bits per heavy atom. The van der Waals surface area contributed by atoms with E-state index >= 15 is 0 Å². The molecule has 1 aromatic carbocycles. The summed E-state index contributed by atoms with van der Waals surface area (Å²) in [7, 11) is 0. The van der Waals surface area contributed by atoms with Gasteiger partial charge in [0.25, 0.3) is 0 Å². The zero-order valence-electron chi connectivity index (χ0n) is 14.5. The zero-order valence-corrected chi connectivity index (χ0v) is 14.5. The quantitative estimate of drug-likeness (QED) is 0.857. The van der Waals surface area contributed by atoms with Crippen LogP contribution < -0.4 is 10.2 Å². The number of piperidine rings is 1. The Hall–Kier alpha value is -2.77. The van der Waals surface area contributed by atoms with Crippen LogP contribution in [-0.2, 0) is 17.4 Å². The van der Waals surface area contributed by atoms with Crippen molar-refractivity contribution in [1.82, 2.24) is 10.3 Å². The first-order valence-corrected chi connectivity index (χ1v) is 8.67. The second kappa shape index (κ2) is 7.85. The third-order valence-corrected chi connectivity index (χ3v) is 4.60. The minimum atomic E-state index is -4.39. The molecule has 0 aliphatic carbocycles. The molecule has 8 heteroatoms. The standard InChI is InChI=1S/C19H20F3N3O2/c20-19(21,22)14-5-6-17(23-12-14)25-9-7-15(8-10-25)24-18(27)11-13-3-1-2-4-16(13)26/h1-6,12,15,26H,7-11H2,(H,24,27). The van der Waals surface area contributed by atoms with Gasteiger partial charge >= 0.3 is 6.18 Å². The maximum atomic E-state index is 12.6. The van der Waals surface area contributed by atoms with Crippen LogP contribution in [0.5, 0.6) is 5.75 Å². The largest absolute Gasteiger partial charge is 0.508 e. The molecule has 0 spiro atoms. The van der Waals surface area contributed by atoms with Crippen molar-refractivity contribution in [3.8, 4) is 5.75 Å². The van der Waals surface area contributed by atoms with E-state index in [4.69, 9.17) is 0 Å². The van der Waals surface area contributed by atoms with Crippen LogP contribution in [-0.4, -0.2) is 35.1 Å². The number of pyridine rings is 1. The van der Waals surface area contributed by atoms with Crippen LogP contribution in [0.15, 0.2) is 42.6 Å². The Kier molecular flexibility index (Phi) is 5.53. The topological polar surface area (TPSA) is 65.5 Å². The number of rotatable bonds is 4. The van der Waals surface area contributed by atoms with E-state index in [-0.39, 0.29) is 24.1 Å². The molecule has 144 valence electrons. The van der Waals surface area contributed by atoms with Crippen LogP contribution in [0.4, 0.5) is 19.0 Å². The minimum Gasteiger partial charge on any atom is -0.508 e. The number of nitrogens with zero attached hydrogens (tertiary/aromatic N) is 2. The Morgan fingerprint density at radius 2 is 1.89 bits per heavy atom. The van der Waals surface area contributed by atoms with Gasteiger partial charge in [-0.15, -0.1) is 0 Å². The van der Waals surface area contributed by atoms with Crippen molar-refractivity contribution < 1.29 is 23.1 Å². The number of carbonyl (C=O) groups is 1. The summed E-state index contributed by atoms with van der Waals surface area (Å²) in [6, 6.07) is 9.10. The van der Waals surface area contributed by atoms with Gasteiger partial charge in [-0.2, -0.15) is 13.2 Å². The summed E-state index contributed by atoms with van der Waals surface area (Å²) in [5, 5.41) is 12.7. The van der Waals surface area contributed by atoms with E-state index < -0.39 is 11.7 Å². The van der Waals surface area contributed by atoms with E-state index in [9.17, 15) is 23.1 Å². The molecule has 0 bridgehead atoms. The number of alkyl halides is 3. The van der Waals surface area contributed by atoms with Crippen LogP contribution in [0.1, 0.15) is 24.0 Å². The second-order valence-electron chi connectivity index (χ2n) is 6.54. The van der Waals surface area contributed by atoms with Crippen molar-refractivity contribution in [3.05, 3.63) is 53.7 Å². The maximum absolute atomic E-state index is 12.6. The molecule has 2 heterocycles. The lowest BCUT2D eigenvalue weighted by Gasteiger charge is -2.33. The molecule has 27 heavy (non-hydrogen) atoms. The number of para-hydroxylation sites is 1. The molecule has 0 atom stereocenters. The fourth-order valence-electron chi connectivity index (χ4n) is 3.11. The summed E-state index contributed by atoms with van der Waals surface area (Å²) in [6.45, 7) is 1.19. The van der Waals surface area contributed by atoms with Gasteiger partial charge in [0.2, 0.25) is 5.91 Å². The second-order valence-corrected chi connectivity index (χ2v) is 6.54. The monoisotopic (exact) mass is 379 g/mol. The average Bonchev–Trinajstić information content (AvgIpc) is 2.64. The molecule has 1 fully saturated rings. The van der Waals surface area contributed by atoms with Gasteiger partial charge in [0.05, 0.1) is 12.0 Å². The molecule has 5 nitrogen and oxygen atoms in total. The van der Waals surface area contributed by atoms with Gasteiger partial charge in [-0.3, -0.25) is 4.79 Å². The highest BCUT2D eigenvalue weighted by Crippen LogP contribution is 2.29. The summed E-state index contributed by atoms with van der Waals surface area (Å²) in [6.07, 6.45) is -2.09. The first-order valence-electron chi connectivity index (χ1n) is 8.67. The highest BCUT2D eigenvalue weighted by Gasteiger charge is 2.31. The molecule has 0 radical (unpaired) electrons. The van der Waals surface area contributed by atoms with E-state index in [1.807, 2.05) is 4.90 Å². The molecular weight excluding hydrogens is 359 g/mol. The third-order valence-electron chi connectivity index (χ3n) is 4.60. The number of benzene rings is 1. The van der Waals surface area contributed by atoms with Gasteiger partial charge in [0.1, 0.15) is 11.6 Å². The number of hydrogen-bond acceptors (Lipinski definition) is 4. The third kappa shape index (κ3) is 4.90. The number of amides is 1. The van der Waals surface area contributed by atoms with Crippen molar-refractivity contribution in [2.24, 2.45) is 0 Å². The van der Waals surface area contributed by atoms with Crippen LogP contribution in [0.3, 0.4) is 0 Å². The van der Waals surface area contributed by atoms with Crippen molar-refractivity contribution in [1.29, 1.82) is 0 Å². The molecule has 0 unspecified atom stereocenters. The average molecular weight is 379 g/mol. The molecule has 1 saturated heterocycles. The smallest absolute Gasteiger partial charge is 0.417 e. The Labute approximate surface area is 154 Å². The number of nitrogens with one attached hydrogen (secondary N) is 1. The fraction of sp³-hybridized carbons (Fsp3) is 0.368. The van der Waals surface area contributed by atoms with Gasteiger partial charge in [-0.05, 0) is 31.0 Å². The number of anilines is 1. The van der Waals surface area contributed by atoms with Crippen molar-refractivity contribution in [2.75, 3.05) is 18.0 Å². The molecule has 1 aliphatic heterocycles. The molecule has 1 aliphatic rings. The van der Waals surface area contributed by atoms with E-state index in [1.54, 1.807) is 18.2 Å². The van der Waals surface area contributed by atoms with Crippen LogP contribution >= 0.6 is 0 Å². The number of phenolic OH excluding ortho intramolecular Hbond substituents is 1. The molecule has 3 rings (SSSR count). The van der Waals surface area contributed by atoms with E-state index in [0.717, 1.165) is 12.3 Å². The molecule has 2 N–H and O–H groups in total. The summed E-state index contributed by atoms with van der Waals surface area (Å²) >= 11 is 0. The minimum absolute atomic E-state index is 0.00551. The molecule has 0 saturated carbocycles. The van der Waals surface area contributed by atoms with Crippen LogP contribution in [0.25, 0.3) is 0 Å². The highest BCUT2D eigenvalue weighted by molar-refractivity contribution is 5.79. The summed E-state index contributed by atoms with van der Waals surface area (Å²) in [5.74, 6) is 0.431. The van der Waals surface area contributed by atoms with Gasteiger partial charge in [0, 0.05) is 30.9 Å². The SMILES string of the molecule is O=C(Cc1ccccc1O)NC1CCN(c2ccc(C(F)(F)F)cn2)CC1. The number of halogens is 3. The first-order chi connectivity index (χ1) is 12.8. The number of aromatic nitrogens is 1. The van der Waals surface area contributed by atoms with Crippen molar-refractivity contribution in [2.45, 2.75) is 31.5 Å². The number of hydrogen-bond donors (Lipinski definition) is 2. The lowest BCUT2D eigenvalue weighted by atomic mass is 10.0. The summed E-state index contributed by atoms with van der Waals surface area (Å²) in [4.78, 5) is 18.0. The Balaban J connectivity index is 1.50. The van der Waals surface area contributed by atoms with E-state index in [2.05, 4.69) is 10.3 Å². The van der Waals surface area contributed by atoms with Gasteiger partial charge in [-0.1, -0.05) is 18.2 Å². The van der Waals surface area contributed by atoms with E-state index in [1.165, 1.54) is 12.1 Å². The summed E-state index contributed by atoms with van der Waals surface area (Å²) in [5.41, 5.74) is -0.195. The van der Waals surface area contributed by atoms with Crippen molar-refractivity contribution in [3.63, 3.8) is 0 Å². The fourth-order valence-corrected chi connectivity index (χ4v) is 3.11. The normalized spacial score (nSPS) is 15.6. The molecular formula is C19H20F3N3O2. The maximum Gasteiger partial charge on any atom is 0.417 e. The van der Waals surface area contributed by atoms with E-state index in [0.29, 0.717) is 37.3 Å². The lowest BCUT2D eigenvalue weighted by Crippen LogP contribution is -2.45. The Bertz CT molecular complexity index is 786. The molecule has 1 aromatic heterocycles. The van der Waals surface area contributed by atoms with Crippen LogP contribution in [0, 0.1) is 0 Å². The van der Waals surface area contributed by atoms with Crippen LogP contribution in [0.2, 0.25) is 0 Å². The molecule has 2 aromatic rings. The first kappa shape index (κ1) is 19.0. The predicted molar refractivity (Wildman–Crippen MR) is 94.4 cm³/mol. The number of aromatic hydroxyl groups is 1. The van der Waals surface area contributed by atoms with Crippen molar-refractivity contribution >= 4 is 11.7 Å². The lowest BCUT2D eigenvalue weighted by molar-refractivity contribution is -0.137. The number of phenols is 1. The number of carbonyl (C=O) groups excluding carboxylic acids is 1. The highest BCUT2D eigenvalue weighted by atomic mass is 19.4. The van der Waals surface area contributed by atoms with Gasteiger partial charge < -0.3 is 15.3 Å².